The van der Waals surface area contributed by atoms with Crippen molar-refractivity contribution in [3.8, 4) is 0 Å². The molecule has 4 atom stereocenters. The number of rotatable bonds is 2. The van der Waals surface area contributed by atoms with Gasteiger partial charge in [0.05, 0.1) is 13.2 Å². The van der Waals surface area contributed by atoms with Crippen molar-refractivity contribution < 1.29 is 28.1 Å². The number of alkyl halides is 1. The summed E-state index contributed by atoms with van der Waals surface area (Å²) in [6, 6.07) is 0. The molecule has 6 heteroatoms. The maximum Gasteiger partial charge on any atom is 0.508 e. The summed E-state index contributed by atoms with van der Waals surface area (Å²) < 4.78 is 32.1. The van der Waals surface area contributed by atoms with E-state index in [0.717, 1.165) is 7.11 Å². The number of hydrogen-bond acceptors (Lipinski definition) is 5. The molecule has 0 aromatic heterocycles. The smallest absolute Gasteiger partial charge is 0.438 e. The molecular formula is C8H13FO5. The highest BCUT2D eigenvalue weighted by Crippen LogP contribution is 2.26. The molecule has 82 valence electrons. The molecule has 1 aliphatic rings. The Kier molecular flexibility index (Phi) is 3.65. The van der Waals surface area contributed by atoms with Gasteiger partial charge in [-0.1, -0.05) is 0 Å². The predicted octanol–water partition coefficient (Wildman–Crippen LogP) is 0.867. The normalized spacial score (nSPS) is 36.9. The molecule has 5 nitrogen and oxygen atoms in total. The fraction of sp³-hybridized carbons (Fsp3) is 0.875. The highest BCUT2D eigenvalue weighted by molar-refractivity contribution is 5.60. The lowest BCUT2D eigenvalue weighted by molar-refractivity contribution is -0.131. The van der Waals surface area contributed by atoms with Crippen molar-refractivity contribution >= 4 is 6.16 Å². The summed E-state index contributed by atoms with van der Waals surface area (Å²) in [6.45, 7) is 1.60. The third-order valence-electron chi connectivity index (χ3n) is 2.02. The second-order valence-corrected chi connectivity index (χ2v) is 2.93. The van der Waals surface area contributed by atoms with Gasteiger partial charge in [0.15, 0.2) is 18.6 Å². The molecule has 1 aliphatic heterocycles. The Labute approximate surface area is 81.1 Å². The highest BCUT2D eigenvalue weighted by Gasteiger charge is 2.46. The molecule has 0 radical (unpaired) electrons. The Balaban J connectivity index is 2.56. The van der Waals surface area contributed by atoms with Gasteiger partial charge in [0.2, 0.25) is 0 Å². The molecular weight excluding hydrogens is 195 g/mol. The van der Waals surface area contributed by atoms with Crippen molar-refractivity contribution in [2.75, 3.05) is 14.2 Å². The van der Waals surface area contributed by atoms with Crippen molar-refractivity contribution in [2.45, 2.75) is 31.6 Å². The second-order valence-electron chi connectivity index (χ2n) is 2.93. The van der Waals surface area contributed by atoms with Crippen LogP contribution >= 0.6 is 0 Å². The molecule has 1 rings (SSSR count). The van der Waals surface area contributed by atoms with Crippen LogP contribution in [0.25, 0.3) is 0 Å². The van der Waals surface area contributed by atoms with E-state index >= 15 is 0 Å². The predicted molar refractivity (Wildman–Crippen MR) is 43.5 cm³/mol. The van der Waals surface area contributed by atoms with E-state index in [1.165, 1.54) is 7.11 Å². The van der Waals surface area contributed by atoms with E-state index in [1.807, 2.05) is 0 Å². The molecule has 0 N–H and O–H groups in total. The van der Waals surface area contributed by atoms with Gasteiger partial charge >= 0.3 is 6.16 Å². The van der Waals surface area contributed by atoms with Gasteiger partial charge in [0, 0.05) is 7.11 Å². The third kappa shape index (κ3) is 2.13. The van der Waals surface area contributed by atoms with E-state index in [9.17, 15) is 9.18 Å². The average Bonchev–Trinajstić information content (AvgIpc) is 2.44. The monoisotopic (exact) mass is 208 g/mol. The number of carbonyl (C=O) groups excluding carboxylic acids is 1. The first-order valence-electron chi connectivity index (χ1n) is 4.17. The Morgan fingerprint density at radius 2 is 2.07 bits per heavy atom. The summed E-state index contributed by atoms with van der Waals surface area (Å²) in [4.78, 5) is 10.7. The topological polar surface area (TPSA) is 54.0 Å². The first-order chi connectivity index (χ1) is 6.60. The van der Waals surface area contributed by atoms with Gasteiger partial charge in [-0.25, -0.2) is 9.18 Å². The quantitative estimate of drug-likeness (QED) is 0.630. The van der Waals surface area contributed by atoms with Crippen LogP contribution in [0.3, 0.4) is 0 Å². The Hall–Kier alpha value is -0.880. The molecule has 1 fully saturated rings. The van der Waals surface area contributed by atoms with Gasteiger partial charge in [-0.2, -0.15) is 0 Å². The molecule has 0 aromatic carbocycles. The maximum absolute atomic E-state index is 13.4. The van der Waals surface area contributed by atoms with E-state index in [1.54, 1.807) is 6.92 Å². The van der Waals surface area contributed by atoms with Crippen LogP contribution in [-0.4, -0.2) is 45.0 Å². The van der Waals surface area contributed by atoms with Gasteiger partial charge < -0.3 is 18.9 Å². The Bertz CT molecular complexity index is 210. The van der Waals surface area contributed by atoms with E-state index in [0.29, 0.717) is 0 Å². The van der Waals surface area contributed by atoms with E-state index in [4.69, 9.17) is 9.47 Å². The Morgan fingerprint density at radius 3 is 2.50 bits per heavy atom. The summed E-state index contributed by atoms with van der Waals surface area (Å²) in [5.41, 5.74) is 0. The van der Waals surface area contributed by atoms with Crippen LogP contribution < -0.4 is 0 Å². The maximum atomic E-state index is 13.4. The minimum Gasteiger partial charge on any atom is -0.438 e. The highest BCUT2D eigenvalue weighted by atomic mass is 19.1. The Morgan fingerprint density at radius 1 is 1.43 bits per heavy atom. The van der Waals surface area contributed by atoms with Gasteiger partial charge in [-0.05, 0) is 6.92 Å². The fourth-order valence-electron chi connectivity index (χ4n) is 1.28. The van der Waals surface area contributed by atoms with E-state index < -0.39 is 30.8 Å². The van der Waals surface area contributed by atoms with Gasteiger partial charge in [0.25, 0.3) is 0 Å². The molecule has 0 bridgehead atoms. The zero-order valence-electron chi connectivity index (χ0n) is 8.23. The van der Waals surface area contributed by atoms with Crippen molar-refractivity contribution in [1.82, 2.24) is 0 Å². The number of methoxy groups -OCH3 is 2. The van der Waals surface area contributed by atoms with Crippen LogP contribution in [0.1, 0.15) is 6.92 Å². The molecule has 0 aliphatic carbocycles. The van der Waals surface area contributed by atoms with Crippen LogP contribution in [0.5, 0.6) is 0 Å². The lowest BCUT2D eigenvalue weighted by atomic mass is 10.2. The van der Waals surface area contributed by atoms with Crippen LogP contribution in [0.2, 0.25) is 0 Å². The molecule has 1 unspecified atom stereocenters. The molecule has 14 heavy (non-hydrogen) atoms. The van der Waals surface area contributed by atoms with Crippen molar-refractivity contribution in [1.29, 1.82) is 0 Å². The lowest BCUT2D eigenvalue weighted by Gasteiger charge is -2.15. The molecule has 0 aromatic rings. The molecule has 1 heterocycles. The van der Waals surface area contributed by atoms with Crippen molar-refractivity contribution in [2.24, 2.45) is 0 Å². The summed E-state index contributed by atoms with van der Waals surface area (Å²) in [7, 11) is 2.48. The van der Waals surface area contributed by atoms with Crippen molar-refractivity contribution in [3.05, 3.63) is 0 Å². The number of halogens is 1. The lowest BCUT2D eigenvalue weighted by Crippen LogP contribution is -2.33. The van der Waals surface area contributed by atoms with Crippen LogP contribution in [0, 0.1) is 0 Å². The number of hydrogen-bond donors (Lipinski definition) is 0. The van der Waals surface area contributed by atoms with Crippen molar-refractivity contribution in [3.63, 3.8) is 0 Å². The van der Waals surface area contributed by atoms with Gasteiger partial charge in [-0.15, -0.1) is 0 Å². The molecule has 1 saturated heterocycles. The minimum absolute atomic E-state index is 0.547. The minimum atomic E-state index is -1.49. The molecule has 0 saturated carbocycles. The second kappa shape index (κ2) is 4.56. The first kappa shape index (κ1) is 11.2. The SMILES string of the molecule is COC(=O)O[C@H]1[C@H](F)C(OC)O[C@@H]1C. The van der Waals surface area contributed by atoms with E-state index in [-0.39, 0.29) is 0 Å². The standard InChI is InChI=1S/C8H13FO5/c1-4-6(14-8(10)12-3)5(9)7(11-2)13-4/h4-7H,1-3H3/t4-,5+,6-,7?/m1/s1. The van der Waals surface area contributed by atoms with E-state index in [2.05, 4.69) is 9.47 Å². The molecule has 0 amide bonds. The summed E-state index contributed by atoms with van der Waals surface area (Å²) in [5.74, 6) is 0. The third-order valence-corrected chi connectivity index (χ3v) is 2.02. The van der Waals surface area contributed by atoms with Crippen LogP contribution in [0.15, 0.2) is 0 Å². The number of ether oxygens (including phenoxy) is 4. The summed E-state index contributed by atoms with van der Waals surface area (Å²) in [6.07, 6.45) is -4.93. The zero-order chi connectivity index (χ0) is 10.7. The average molecular weight is 208 g/mol. The largest absolute Gasteiger partial charge is 0.508 e. The summed E-state index contributed by atoms with van der Waals surface area (Å²) in [5, 5.41) is 0. The van der Waals surface area contributed by atoms with Gasteiger partial charge in [0.1, 0.15) is 0 Å². The number of carbonyl (C=O) groups is 1. The van der Waals surface area contributed by atoms with Crippen LogP contribution in [-0.2, 0) is 18.9 Å². The van der Waals surface area contributed by atoms with Crippen LogP contribution in [0.4, 0.5) is 9.18 Å². The first-order valence-corrected chi connectivity index (χ1v) is 4.17. The fourth-order valence-corrected chi connectivity index (χ4v) is 1.28. The molecule has 0 spiro atoms. The summed E-state index contributed by atoms with van der Waals surface area (Å²) >= 11 is 0. The van der Waals surface area contributed by atoms with Gasteiger partial charge in [-0.3, -0.25) is 0 Å². The zero-order valence-corrected chi connectivity index (χ0v) is 8.23.